The van der Waals surface area contributed by atoms with Gasteiger partial charge in [-0.1, -0.05) is 11.6 Å². The summed E-state index contributed by atoms with van der Waals surface area (Å²) < 4.78 is 0. The van der Waals surface area contributed by atoms with E-state index in [-0.39, 0.29) is 0 Å². The third-order valence-electron chi connectivity index (χ3n) is 1.03. The molecule has 2 heteroatoms. The molecule has 0 amide bonds. The lowest BCUT2D eigenvalue weighted by atomic mass is 10.2. The molecule has 0 unspecified atom stereocenters. The summed E-state index contributed by atoms with van der Waals surface area (Å²) in [6.45, 7) is 3.66. The van der Waals surface area contributed by atoms with Crippen LogP contribution in [0.2, 0.25) is 10.0 Å². The Bertz CT molecular complexity index is 198. The number of hydrogen-bond donors (Lipinski definition) is 0. The molecule has 0 atom stereocenters. The Morgan fingerprint density at radius 3 is 2.33 bits per heavy atom. The average Bonchev–Trinajstić information content (AvgIpc) is 1.83. The van der Waals surface area contributed by atoms with Crippen molar-refractivity contribution in [2.75, 3.05) is 0 Å². The lowest BCUT2D eigenvalue weighted by Crippen LogP contribution is -1.73. The number of hydrogen-bond acceptors (Lipinski definition) is 0. The van der Waals surface area contributed by atoms with Crippen LogP contribution in [-0.4, -0.2) is 0 Å². The molecule has 0 aliphatic rings. The molecule has 1 aromatic rings. The van der Waals surface area contributed by atoms with Crippen LogP contribution in [0.1, 0.15) is 5.56 Å². The summed E-state index contributed by atoms with van der Waals surface area (Å²) in [4.78, 5) is 0. The van der Waals surface area contributed by atoms with Crippen molar-refractivity contribution >= 4 is 23.2 Å². The van der Waals surface area contributed by atoms with Gasteiger partial charge in [-0.15, -0.1) is 0 Å². The van der Waals surface area contributed by atoms with Crippen LogP contribution < -0.4 is 0 Å². The molecular formula is C7H5Cl2+. The Hall–Kier alpha value is -0.330. The van der Waals surface area contributed by atoms with E-state index in [1.807, 2.05) is 12.1 Å². The zero-order chi connectivity index (χ0) is 6.85. The second-order valence-corrected chi connectivity index (χ2v) is 2.50. The molecular weight excluding hydrogens is 155 g/mol. The monoisotopic (exact) mass is 159 g/mol. The fourth-order valence-corrected chi connectivity index (χ4v) is 0.869. The first-order chi connectivity index (χ1) is 4.22. The minimum absolute atomic E-state index is 0.541. The first-order valence-corrected chi connectivity index (χ1v) is 3.23. The summed E-state index contributed by atoms with van der Waals surface area (Å²) in [6.07, 6.45) is 0. The van der Waals surface area contributed by atoms with Crippen LogP contribution in [0, 0.1) is 6.92 Å². The summed E-state index contributed by atoms with van der Waals surface area (Å²) in [5, 5.41) is 1.10. The predicted octanol–water partition coefficient (Wildman–Crippen LogP) is 3.18. The predicted molar refractivity (Wildman–Crippen MR) is 40.9 cm³/mol. The Kier molecular flexibility index (Phi) is 1.89. The van der Waals surface area contributed by atoms with Gasteiger partial charge in [0.25, 0.3) is 0 Å². The van der Waals surface area contributed by atoms with Gasteiger partial charge in [0.05, 0.1) is 0 Å². The van der Waals surface area contributed by atoms with Crippen molar-refractivity contribution in [2.45, 2.75) is 0 Å². The van der Waals surface area contributed by atoms with Crippen LogP contribution in [0.25, 0.3) is 0 Å². The summed E-state index contributed by atoms with van der Waals surface area (Å²) >= 11 is 11.3. The fraction of sp³-hybridized carbons (Fsp3) is 0. The highest BCUT2D eigenvalue weighted by Gasteiger charge is 2.06. The molecule has 46 valence electrons. The molecule has 0 heterocycles. The molecule has 9 heavy (non-hydrogen) atoms. The summed E-state index contributed by atoms with van der Waals surface area (Å²) in [6, 6.07) is 5.36. The number of rotatable bonds is 0. The molecule has 1 aromatic carbocycles. The van der Waals surface area contributed by atoms with Gasteiger partial charge in [-0.25, -0.2) is 0 Å². The number of benzene rings is 1. The van der Waals surface area contributed by atoms with E-state index in [2.05, 4.69) is 6.92 Å². The van der Waals surface area contributed by atoms with Crippen molar-refractivity contribution in [3.63, 3.8) is 0 Å². The van der Waals surface area contributed by atoms with Crippen LogP contribution in [0.4, 0.5) is 0 Å². The van der Waals surface area contributed by atoms with Gasteiger partial charge in [0.2, 0.25) is 0 Å². The van der Waals surface area contributed by atoms with Gasteiger partial charge >= 0.3 is 0 Å². The van der Waals surface area contributed by atoms with Gasteiger partial charge in [0.1, 0.15) is 10.6 Å². The van der Waals surface area contributed by atoms with Crippen molar-refractivity contribution in [3.8, 4) is 0 Å². The SMILES string of the molecule is [CH2+]c1cccc(Cl)c1Cl. The van der Waals surface area contributed by atoms with Crippen molar-refractivity contribution in [2.24, 2.45) is 0 Å². The second-order valence-electron chi connectivity index (χ2n) is 1.71. The summed E-state index contributed by atoms with van der Waals surface area (Å²) in [5.41, 5.74) is 0.768. The van der Waals surface area contributed by atoms with Gasteiger partial charge in [-0.05, 0) is 12.1 Å². The van der Waals surface area contributed by atoms with E-state index in [1.54, 1.807) is 6.07 Å². The zero-order valence-electron chi connectivity index (χ0n) is 4.70. The lowest BCUT2D eigenvalue weighted by Gasteiger charge is -1.87. The number of halogens is 2. The van der Waals surface area contributed by atoms with E-state index in [4.69, 9.17) is 23.2 Å². The Morgan fingerprint density at radius 1 is 1.22 bits per heavy atom. The Balaban J connectivity index is 3.25. The van der Waals surface area contributed by atoms with Crippen molar-refractivity contribution in [1.82, 2.24) is 0 Å². The standard InChI is InChI=1S/C7H5Cl2/c1-5-3-2-4-6(8)7(5)9/h2-4H,1H2/q+1. The molecule has 0 bridgehead atoms. The van der Waals surface area contributed by atoms with E-state index in [1.165, 1.54) is 0 Å². The topological polar surface area (TPSA) is 0 Å². The molecule has 0 N–H and O–H groups in total. The zero-order valence-corrected chi connectivity index (χ0v) is 6.21. The maximum Gasteiger partial charge on any atom is 0.171 e. The Morgan fingerprint density at radius 2 is 1.89 bits per heavy atom. The first-order valence-electron chi connectivity index (χ1n) is 2.48. The molecule has 0 aromatic heterocycles. The van der Waals surface area contributed by atoms with Gasteiger partial charge in [0.15, 0.2) is 5.02 Å². The minimum Gasteiger partial charge on any atom is -0.0665 e. The van der Waals surface area contributed by atoms with E-state index in [0.29, 0.717) is 10.0 Å². The van der Waals surface area contributed by atoms with Crippen LogP contribution >= 0.6 is 23.2 Å². The van der Waals surface area contributed by atoms with E-state index >= 15 is 0 Å². The smallest absolute Gasteiger partial charge is 0.0665 e. The largest absolute Gasteiger partial charge is 0.171 e. The maximum atomic E-state index is 5.68. The highest BCUT2D eigenvalue weighted by Crippen LogP contribution is 2.24. The lowest BCUT2D eigenvalue weighted by molar-refractivity contribution is 1.61. The van der Waals surface area contributed by atoms with Crippen molar-refractivity contribution < 1.29 is 0 Å². The van der Waals surface area contributed by atoms with Crippen LogP contribution in [-0.2, 0) is 0 Å². The van der Waals surface area contributed by atoms with E-state index in [9.17, 15) is 0 Å². The van der Waals surface area contributed by atoms with E-state index in [0.717, 1.165) is 5.56 Å². The second kappa shape index (κ2) is 2.51. The maximum absolute atomic E-state index is 5.68. The van der Waals surface area contributed by atoms with Gasteiger partial charge in [-0.2, -0.15) is 0 Å². The summed E-state index contributed by atoms with van der Waals surface area (Å²) in [5.74, 6) is 0. The van der Waals surface area contributed by atoms with E-state index < -0.39 is 0 Å². The molecule has 1 rings (SSSR count). The van der Waals surface area contributed by atoms with Crippen LogP contribution in [0.3, 0.4) is 0 Å². The molecule has 0 saturated carbocycles. The minimum atomic E-state index is 0.541. The molecule has 0 nitrogen and oxygen atoms in total. The molecule has 0 spiro atoms. The van der Waals surface area contributed by atoms with Gasteiger partial charge < -0.3 is 0 Å². The highest BCUT2D eigenvalue weighted by atomic mass is 35.5. The normalized spacial score (nSPS) is 9.56. The fourth-order valence-electron chi connectivity index (χ4n) is 0.548. The Labute approximate surface area is 64.4 Å². The highest BCUT2D eigenvalue weighted by molar-refractivity contribution is 6.42. The van der Waals surface area contributed by atoms with Crippen molar-refractivity contribution in [1.29, 1.82) is 0 Å². The molecule has 0 fully saturated rings. The third kappa shape index (κ3) is 1.32. The van der Waals surface area contributed by atoms with Crippen LogP contribution in [0.15, 0.2) is 18.2 Å². The molecule has 0 radical (unpaired) electrons. The summed E-state index contributed by atoms with van der Waals surface area (Å²) in [7, 11) is 0. The van der Waals surface area contributed by atoms with Gasteiger partial charge in [0, 0.05) is 24.6 Å². The quantitative estimate of drug-likeness (QED) is 0.511. The average molecular weight is 160 g/mol. The molecule has 0 aliphatic carbocycles. The molecule has 0 aliphatic heterocycles. The first kappa shape index (κ1) is 6.79. The molecule has 0 saturated heterocycles. The van der Waals surface area contributed by atoms with Crippen LogP contribution in [0.5, 0.6) is 0 Å². The third-order valence-corrected chi connectivity index (χ3v) is 1.89. The van der Waals surface area contributed by atoms with Gasteiger partial charge in [-0.3, -0.25) is 0 Å². The van der Waals surface area contributed by atoms with Crippen molar-refractivity contribution in [3.05, 3.63) is 40.7 Å².